The molecule has 3 rings (SSSR count). The number of carbonyl (C=O) groups excluding carboxylic acids is 1. The number of nitrogens with zero attached hydrogens (tertiary/aromatic N) is 1. The van der Waals surface area contributed by atoms with E-state index >= 15 is 0 Å². The number of amides is 1. The van der Waals surface area contributed by atoms with Crippen molar-refractivity contribution in [2.45, 2.75) is 26.3 Å². The van der Waals surface area contributed by atoms with Gasteiger partial charge in [-0.1, -0.05) is 13.8 Å². The van der Waals surface area contributed by atoms with Gasteiger partial charge in [-0.2, -0.15) is 0 Å². The van der Waals surface area contributed by atoms with Crippen molar-refractivity contribution in [1.82, 2.24) is 10.3 Å². The number of carbonyl (C=O) groups is 1. The van der Waals surface area contributed by atoms with Gasteiger partial charge in [-0.05, 0) is 24.3 Å². The number of rotatable bonds is 4. The number of fused-ring (bicyclic) bond motifs is 1. The predicted octanol–water partition coefficient (Wildman–Crippen LogP) is 3.47. The van der Waals surface area contributed by atoms with Crippen LogP contribution in [0.25, 0.3) is 11.1 Å². The van der Waals surface area contributed by atoms with Crippen molar-refractivity contribution < 1.29 is 13.6 Å². The SMILES string of the molecule is CC(C)c1nc2cc(C(=O)NCc3ccoc3)ccc2o1. The molecule has 1 amide bonds. The third kappa shape index (κ3) is 2.81. The molecule has 1 aromatic carbocycles. The summed E-state index contributed by atoms with van der Waals surface area (Å²) in [5.74, 6) is 0.754. The lowest BCUT2D eigenvalue weighted by Gasteiger charge is -2.03. The van der Waals surface area contributed by atoms with Crippen molar-refractivity contribution in [2.24, 2.45) is 0 Å². The fourth-order valence-corrected chi connectivity index (χ4v) is 2.01. The lowest BCUT2D eigenvalue weighted by molar-refractivity contribution is 0.0951. The summed E-state index contributed by atoms with van der Waals surface area (Å²) >= 11 is 0. The number of aromatic nitrogens is 1. The van der Waals surface area contributed by atoms with Gasteiger partial charge >= 0.3 is 0 Å². The molecular weight excluding hydrogens is 268 g/mol. The lowest BCUT2D eigenvalue weighted by Crippen LogP contribution is -2.22. The standard InChI is InChI=1S/C16H16N2O3/c1-10(2)16-18-13-7-12(3-4-14(13)21-16)15(19)17-8-11-5-6-20-9-11/h3-7,9-10H,8H2,1-2H3,(H,17,19). The quantitative estimate of drug-likeness (QED) is 0.796. The third-order valence-corrected chi connectivity index (χ3v) is 3.19. The Morgan fingerprint density at radius 1 is 1.33 bits per heavy atom. The van der Waals surface area contributed by atoms with E-state index in [0.717, 1.165) is 5.56 Å². The zero-order valence-corrected chi connectivity index (χ0v) is 11.9. The lowest BCUT2D eigenvalue weighted by atomic mass is 10.2. The fraction of sp³-hybridized carbons (Fsp3) is 0.250. The normalized spacial score (nSPS) is 11.2. The number of oxazole rings is 1. The second kappa shape index (κ2) is 5.44. The van der Waals surface area contributed by atoms with Crippen LogP contribution in [0.15, 0.2) is 45.6 Å². The Morgan fingerprint density at radius 2 is 2.19 bits per heavy atom. The molecule has 0 atom stereocenters. The van der Waals surface area contributed by atoms with Crippen LogP contribution >= 0.6 is 0 Å². The molecule has 0 radical (unpaired) electrons. The number of hydrogen-bond acceptors (Lipinski definition) is 4. The van der Waals surface area contributed by atoms with E-state index in [-0.39, 0.29) is 11.8 Å². The smallest absolute Gasteiger partial charge is 0.251 e. The van der Waals surface area contributed by atoms with Crippen LogP contribution in [0.5, 0.6) is 0 Å². The molecule has 5 nitrogen and oxygen atoms in total. The van der Waals surface area contributed by atoms with Crippen molar-refractivity contribution in [2.75, 3.05) is 0 Å². The molecule has 0 aliphatic rings. The Bertz CT molecular complexity index is 757. The summed E-state index contributed by atoms with van der Waals surface area (Å²) in [5, 5.41) is 2.84. The summed E-state index contributed by atoms with van der Waals surface area (Å²) in [6.45, 7) is 4.47. The second-order valence-corrected chi connectivity index (χ2v) is 5.20. The van der Waals surface area contributed by atoms with E-state index in [1.807, 2.05) is 19.9 Å². The molecule has 2 aromatic heterocycles. The van der Waals surface area contributed by atoms with Gasteiger partial charge in [0.2, 0.25) is 0 Å². The highest BCUT2D eigenvalue weighted by Gasteiger charge is 2.12. The van der Waals surface area contributed by atoms with Gasteiger partial charge in [0.15, 0.2) is 11.5 Å². The van der Waals surface area contributed by atoms with Gasteiger partial charge in [-0.25, -0.2) is 4.98 Å². The minimum Gasteiger partial charge on any atom is -0.472 e. The van der Waals surface area contributed by atoms with Crippen molar-refractivity contribution in [3.8, 4) is 0 Å². The number of furan rings is 1. The van der Waals surface area contributed by atoms with Crippen LogP contribution in [0.1, 0.15) is 41.6 Å². The van der Waals surface area contributed by atoms with Crippen LogP contribution in [0.2, 0.25) is 0 Å². The first kappa shape index (κ1) is 13.4. The van der Waals surface area contributed by atoms with E-state index in [0.29, 0.717) is 29.1 Å². The first-order valence-electron chi connectivity index (χ1n) is 6.83. The van der Waals surface area contributed by atoms with Gasteiger partial charge in [-0.3, -0.25) is 4.79 Å². The molecule has 5 heteroatoms. The molecule has 2 heterocycles. The number of nitrogens with one attached hydrogen (secondary N) is 1. The largest absolute Gasteiger partial charge is 0.472 e. The topological polar surface area (TPSA) is 68.3 Å². The van der Waals surface area contributed by atoms with Crippen LogP contribution in [0.4, 0.5) is 0 Å². The van der Waals surface area contributed by atoms with Crippen LogP contribution in [0, 0.1) is 0 Å². The summed E-state index contributed by atoms with van der Waals surface area (Å²) in [6, 6.07) is 7.08. The maximum atomic E-state index is 12.1. The third-order valence-electron chi connectivity index (χ3n) is 3.19. The number of hydrogen-bond donors (Lipinski definition) is 1. The molecule has 21 heavy (non-hydrogen) atoms. The number of benzene rings is 1. The predicted molar refractivity (Wildman–Crippen MR) is 78.0 cm³/mol. The zero-order chi connectivity index (χ0) is 14.8. The molecule has 1 N–H and O–H groups in total. The Morgan fingerprint density at radius 3 is 2.90 bits per heavy atom. The van der Waals surface area contributed by atoms with Crippen LogP contribution in [0.3, 0.4) is 0 Å². The Balaban J connectivity index is 1.78. The van der Waals surface area contributed by atoms with E-state index in [1.165, 1.54) is 0 Å². The van der Waals surface area contributed by atoms with E-state index in [2.05, 4.69) is 10.3 Å². The van der Waals surface area contributed by atoms with Crippen LogP contribution in [-0.4, -0.2) is 10.9 Å². The summed E-state index contributed by atoms with van der Waals surface area (Å²) in [6.07, 6.45) is 3.19. The van der Waals surface area contributed by atoms with Gasteiger partial charge in [0.25, 0.3) is 5.91 Å². The Kier molecular flexibility index (Phi) is 3.48. The molecule has 0 unspecified atom stereocenters. The van der Waals surface area contributed by atoms with Gasteiger partial charge in [0.1, 0.15) is 5.52 Å². The Hall–Kier alpha value is -2.56. The van der Waals surface area contributed by atoms with Crippen molar-refractivity contribution >= 4 is 17.0 Å². The molecule has 0 fully saturated rings. The van der Waals surface area contributed by atoms with Gasteiger partial charge < -0.3 is 14.2 Å². The van der Waals surface area contributed by atoms with Crippen LogP contribution < -0.4 is 5.32 Å². The van der Waals surface area contributed by atoms with E-state index in [9.17, 15) is 4.79 Å². The molecule has 0 saturated heterocycles. The highest BCUT2D eigenvalue weighted by atomic mass is 16.3. The molecule has 0 aliphatic carbocycles. The molecule has 0 saturated carbocycles. The van der Waals surface area contributed by atoms with E-state index in [4.69, 9.17) is 8.83 Å². The highest BCUT2D eigenvalue weighted by Crippen LogP contribution is 2.22. The summed E-state index contributed by atoms with van der Waals surface area (Å²) in [7, 11) is 0. The molecule has 0 aliphatic heterocycles. The minimum atomic E-state index is -0.146. The maximum Gasteiger partial charge on any atom is 0.251 e. The molecule has 0 spiro atoms. The summed E-state index contributed by atoms with van der Waals surface area (Å²) < 4.78 is 10.6. The minimum absolute atomic E-state index is 0.146. The molecule has 0 bridgehead atoms. The Labute approximate surface area is 122 Å². The van der Waals surface area contributed by atoms with Gasteiger partial charge in [0, 0.05) is 23.6 Å². The molecular formula is C16H16N2O3. The zero-order valence-electron chi connectivity index (χ0n) is 11.9. The average Bonchev–Trinajstić information content (AvgIpc) is 3.12. The first-order chi connectivity index (χ1) is 10.1. The molecule has 3 aromatic rings. The van der Waals surface area contributed by atoms with Crippen molar-refractivity contribution in [1.29, 1.82) is 0 Å². The monoisotopic (exact) mass is 284 g/mol. The summed E-state index contributed by atoms with van der Waals surface area (Å²) in [4.78, 5) is 16.5. The maximum absolute atomic E-state index is 12.1. The fourth-order valence-electron chi connectivity index (χ4n) is 2.01. The average molecular weight is 284 g/mol. The second-order valence-electron chi connectivity index (χ2n) is 5.20. The molecule has 108 valence electrons. The first-order valence-corrected chi connectivity index (χ1v) is 6.83. The van der Waals surface area contributed by atoms with Crippen LogP contribution in [-0.2, 0) is 6.54 Å². The van der Waals surface area contributed by atoms with Crippen molar-refractivity contribution in [3.05, 3.63) is 53.8 Å². The van der Waals surface area contributed by atoms with E-state index in [1.54, 1.807) is 30.7 Å². The summed E-state index contributed by atoms with van der Waals surface area (Å²) in [5.41, 5.74) is 2.89. The van der Waals surface area contributed by atoms with Gasteiger partial charge in [0.05, 0.1) is 12.5 Å². The van der Waals surface area contributed by atoms with Gasteiger partial charge in [-0.15, -0.1) is 0 Å². The highest BCUT2D eigenvalue weighted by molar-refractivity contribution is 5.97. The van der Waals surface area contributed by atoms with E-state index < -0.39 is 0 Å². The van der Waals surface area contributed by atoms with Crippen molar-refractivity contribution in [3.63, 3.8) is 0 Å².